The predicted octanol–water partition coefficient (Wildman–Crippen LogP) is 4.79. The number of carbonyl (C=O) groups excluding carboxylic acids is 1. The largest absolute Gasteiger partial charge is 0.494 e. The molecule has 0 radical (unpaired) electrons. The Balaban J connectivity index is 1.59. The van der Waals surface area contributed by atoms with Crippen molar-refractivity contribution < 1.29 is 14.3 Å². The number of halogens is 1. The Morgan fingerprint density at radius 3 is 2.78 bits per heavy atom. The molecule has 2 amide bonds. The molecule has 7 nitrogen and oxygen atoms in total. The van der Waals surface area contributed by atoms with Crippen LogP contribution in [0.1, 0.15) is 25.3 Å². The van der Waals surface area contributed by atoms with Crippen molar-refractivity contribution in [2.75, 3.05) is 25.1 Å². The van der Waals surface area contributed by atoms with Gasteiger partial charge in [0.15, 0.2) is 0 Å². The molecule has 32 heavy (non-hydrogen) atoms. The molecule has 8 heteroatoms. The number of aromatic nitrogens is 1. The van der Waals surface area contributed by atoms with Crippen molar-refractivity contribution in [2.24, 2.45) is 0 Å². The van der Waals surface area contributed by atoms with Crippen LogP contribution in [0.3, 0.4) is 0 Å². The summed E-state index contributed by atoms with van der Waals surface area (Å²) in [5.41, 5.74) is 1.62. The quantitative estimate of drug-likeness (QED) is 0.536. The van der Waals surface area contributed by atoms with Gasteiger partial charge in [-0.3, -0.25) is 4.79 Å². The molecule has 0 aliphatic carbocycles. The Hall–Kier alpha value is -3.03. The fraction of sp³-hybridized carbons (Fsp3) is 0.333. The first-order chi connectivity index (χ1) is 15.5. The number of fused-ring (bicyclic) bond motifs is 1. The maximum absolute atomic E-state index is 13.1. The summed E-state index contributed by atoms with van der Waals surface area (Å²) >= 11 is 5.94. The van der Waals surface area contributed by atoms with E-state index >= 15 is 0 Å². The SMILES string of the molecule is CCOc1ccc2[nH]c(=O)c(CN(C[C@H]3CCCO3)C(=O)Nc3ccc(Cl)cc3)cc2c1. The minimum atomic E-state index is -0.301. The van der Waals surface area contributed by atoms with E-state index in [1.807, 2.05) is 31.2 Å². The lowest BCUT2D eigenvalue weighted by Gasteiger charge is -2.25. The number of rotatable bonds is 7. The van der Waals surface area contributed by atoms with Crippen LogP contribution in [0.4, 0.5) is 10.5 Å². The lowest BCUT2D eigenvalue weighted by Crippen LogP contribution is -2.40. The number of H-pyrrole nitrogens is 1. The number of pyridine rings is 1. The van der Waals surface area contributed by atoms with E-state index in [-0.39, 0.29) is 24.2 Å². The van der Waals surface area contributed by atoms with Gasteiger partial charge in [-0.25, -0.2) is 4.79 Å². The van der Waals surface area contributed by atoms with Crippen LogP contribution in [-0.4, -0.2) is 41.8 Å². The van der Waals surface area contributed by atoms with E-state index < -0.39 is 0 Å². The van der Waals surface area contributed by atoms with E-state index in [0.717, 1.165) is 29.5 Å². The number of nitrogens with zero attached hydrogens (tertiary/aromatic N) is 1. The number of carbonyl (C=O) groups is 1. The maximum atomic E-state index is 13.1. The number of anilines is 1. The Morgan fingerprint density at radius 1 is 1.25 bits per heavy atom. The molecular weight excluding hydrogens is 430 g/mol. The van der Waals surface area contributed by atoms with Gasteiger partial charge in [0.1, 0.15) is 5.75 Å². The molecule has 168 valence electrons. The van der Waals surface area contributed by atoms with Crippen molar-refractivity contribution in [1.29, 1.82) is 0 Å². The number of aromatic amines is 1. The number of urea groups is 1. The van der Waals surface area contributed by atoms with Crippen molar-refractivity contribution in [3.8, 4) is 5.75 Å². The molecule has 1 atom stereocenters. The Kier molecular flexibility index (Phi) is 6.97. The Bertz CT molecular complexity index is 1140. The molecule has 1 aliphatic rings. The second-order valence-corrected chi connectivity index (χ2v) is 8.19. The van der Waals surface area contributed by atoms with Crippen LogP contribution >= 0.6 is 11.6 Å². The topological polar surface area (TPSA) is 83.7 Å². The van der Waals surface area contributed by atoms with E-state index in [1.54, 1.807) is 29.2 Å². The van der Waals surface area contributed by atoms with Gasteiger partial charge in [0, 0.05) is 40.3 Å². The molecule has 4 rings (SSSR count). The average molecular weight is 456 g/mol. The summed E-state index contributed by atoms with van der Waals surface area (Å²) in [5.74, 6) is 0.731. The number of benzene rings is 2. The van der Waals surface area contributed by atoms with E-state index in [9.17, 15) is 9.59 Å². The minimum absolute atomic E-state index is 0.0462. The van der Waals surface area contributed by atoms with Crippen LogP contribution in [0, 0.1) is 0 Å². The first-order valence-corrected chi connectivity index (χ1v) is 11.1. The Labute approximate surface area is 191 Å². The van der Waals surface area contributed by atoms with Crippen LogP contribution in [0.15, 0.2) is 53.3 Å². The highest BCUT2D eigenvalue weighted by Gasteiger charge is 2.24. The number of amides is 2. The molecule has 1 aliphatic heterocycles. The molecule has 2 heterocycles. The van der Waals surface area contributed by atoms with Gasteiger partial charge in [-0.2, -0.15) is 0 Å². The first-order valence-electron chi connectivity index (χ1n) is 10.7. The zero-order valence-corrected chi connectivity index (χ0v) is 18.7. The highest BCUT2D eigenvalue weighted by Crippen LogP contribution is 2.21. The fourth-order valence-corrected chi connectivity index (χ4v) is 3.92. The molecule has 1 fully saturated rings. The summed E-state index contributed by atoms with van der Waals surface area (Å²) in [4.78, 5) is 30.4. The molecule has 3 aromatic rings. The van der Waals surface area contributed by atoms with Crippen molar-refractivity contribution in [3.63, 3.8) is 0 Å². The van der Waals surface area contributed by atoms with Crippen LogP contribution in [0.5, 0.6) is 5.75 Å². The van der Waals surface area contributed by atoms with Gasteiger partial charge in [-0.1, -0.05) is 11.6 Å². The normalized spacial score (nSPS) is 15.6. The van der Waals surface area contributed by atoms with Crippen molar-refractivity contribution in [2.45, 2.75) is 32.4 Å². The van der Waals surface area contributed by atoms with Crippen molar-refractivity contribution >= 4 is 34.2 Å². The molecule has 1 saturated heterocycles. The third-order valence-electron chi connectivity index (χ3n) is 5.40. The van der Waals surface area contributed by atoms with Gasteiger partial charge in [0.05, 0.1) is 19.3 Å². The van der Waals surface area contributed by atoms with E-state index in [0.29, 0.717) is 36.0 Å². The second-order valence-electron chi connectivity index (χ2n) is 7.76. The summed E-state index contributed by atoms with van der Waals surface area (Å²) in [5, 5.41) is 4.33. The minimum Gasteiger partial charge on any atom is -0.494 e. The monoisotopic (exact) mass is 455 g/mol. The molecule has 1 aromatic heterocycles. The zero-order chi connectivity index (χ0) is 22.5. The van der Waals surface area contributed by atoms with Crippen molar-refractivity contribution in [1.82, 2.24) is 9.88 Å². The molecule has 0 bridgehead atoms. The van der Waals surface area contributed by atoms with Gasteiger partial charge in [-0.05, 0) is 68.3 Å². The molecular formula is C24H26ClN3O4. The highest BCUT2D eigenvalue weighted by atomic mass is 35.5. The smallest absolute Gasteiger partial charge is 0.322 e. The summed E-state index contributed by atoms with van der Waals surface area (Å²) < 4.78 is 11.3. The molecule has 0 saturated carbocycles. The summed E-state index contributed by atoms with van der Waals surface area (Å²) in [6.45, 7) is 3.72. The predicted molar refractivity (Wildman–Crippen MR) is 126 cm³/mol. The van der Waals surface area contributed by atoms with Crippen LogP contribution in [0.25, 0.3) is 10.9 Å². The lowest BCUT2D eigenvalue weighted by atomic mass is 10.1. The van der Waals surface area contributed by atoms with E-state index in [4.69, 9.17) is 21.1 Å². The Morgan fingerprint density at radius 2 is 2.06 bits per heavy atom. The van der Waals surface area contributed by atoms with Crippen LogP contribution < -0.4 is 15.6 Å². The van der Waals surface area contributed by atoms with Crippen LogP contribution in [-0.2, 0) is 11.3 Å². The summed E-state index contributed by atoms with van der Waals surface area (Å²) in [6, 6.07) is 14.0. The highest BCUT2D eigenvalue weighted by molar-refractivity contribution is 6.30. The fourth-order valence-electron chi connectivity index (χ4n) is 3.80. The maximum Gasteiger partial charge on any atom is 0.322 e. The van der Waals surface area contributed by atoms with Crippen LogP contribution in [0.2, 0.25) is 5.02 Å². The van der Waals surface area contributed by atoms with Crippen molar-refractivity contribution in [3.05, 3.63) is 69.5 Å². The average Bonchev–Trinajstić information content (AvgIpc) is 3.29. The molecule has 0 spiro atoms. The first kappa shape index (κ1) is 22.2. The molecule has 2 N–H and O–H groups in total. The van der Waals surface area contributed by atoms with E-state index in [2.05, 4.69) is 10.3 Å². The molecule has 0 unspecified atom stereocenters. The summed E-state index contributed by atoms with van der Waals surface area (Å²) in [6.07, 6.45) is 1.81. The summed E-state index contributed by atoms with van der Waals surface area (Å²) in [7, 11) is 0. The third-order valence-corrected chi connectivity index (χ3v) is 5.65. The number of nitrogens with one attached hydrogen (secondary N) is 2. The van der Waals surface area contributed by atoms with Gasteiger partial charge in [0.2, 0.25) is 0 Å². The van der Waals surface area contributed by atoms with Gasteiger partial charge >= 0.3 is 6.03 Å². The van der Waals surface area contributed by atoms with Gasteiger partial charge < -0.3 is 24.7 Å². The second kappa shape index (κ2) is 10.1. The van der Waals surface area contributed by atoms with E-state index in [1.165, 1.54) is 0 Å². The number of ether oxygens (including phenoxy) is 2. The number of hydrogen-bond donors (Lipinski definition) is 2. The zero-order valence-electron chi connectivity index (χ0n) is 17.9. The standard InChI is InChI=1S/C24H26ClN3O4/c1-2-31-20-9-10-22-16(13-20)12-17(23(29)27-22)14-28(15-21-4-3-11-32-21)24(30)26-19-7-5-18(25)6-8-19/h5-10,12-13,21H,2-4,11,14-15H2,1H3,(H,26,30)(H,27,29)/t21-/m1/s1. The molecule has 2 aromatic carbocycles. The lowest BCUT2D eigenvalue weighted by molar-refractivity contribution is 0.0818. The third kappa shape index (κ3) is 5.41. The number of hydrogen-bond acceptors (Lipinski definition) is 4. The van der Waals surface area contributed by atoms with Gasteiger partial charge in [0.25, 0.3) is 5.56 Å². The van der Waals surface area contributed by atoms with Gasteiger partial charge in [-0.15, -0.1) is 0 Å².